The van der Waals surface area contributed by atoms with Gasteiger partial charge in [-0.15, -0.1) is 0 Å². The summed E-state index contributed by atoms with van der Waals surface area (Å²) in [4.78, 5) is 5.16. The molecule has 3 saturated heterocycles. The van der Waals surface area contributed by atoms with E-state index < -0.39 is 0 Å². The van der Waals surface area contributed by atoms with Gasteiger partial charge in [0.25, 0.3) is 0 Å². The zero-order valence-electron chi connectivity index (χ0n) is 5.82. The molecule has 3 aliphatic rings. The minimum Gasteiger partial charge on any atom is -0.344 e. The molecule has 0 spiro atoms. The summed E-state index contributed by atoms with van der Waals surface area (Å²) in [6.07, 6.45) is 1.07. The predicted octanol–water partition coefficient (Wildman–Crippen LogP) is 0.109. The van der Waals surface area contributed by atoms with Gasteiger partial charge in [-0.2, -0.15) is 5.48 Å². The quantitative estimate of drug-likeness (QED) is 0.436. The number of hydrogen-bond acceptors (Lipinski definition) is 4. The summed E-state index contributed by atoms with van der Waals surface area (Å²) < 4.78 is 0. The predicted molar refractivity (Wildman–Crippen MR) is 33.8 cm³/mol. The number of nitrogens with one attached hydrogen (secondary N) is 2. The van der Waals surface area contributed by atoms with Gasteiger partial charge in [0, 0.05) is 6.42 Å². The van der Waals surface area contributed by atoms with Gasteiger partial charge >= 0.3 is 0 Å². The third-order valence-electron chi connectivity index (χ3n) is 1.73. The molecular weight excluding hydrogens is 118 g/mol. The smallest absolute Gasteiger partial charge is 0.142 e. The van der Waals surface area contributed by atoms with Gasteiger partial charge in [0.1, 0.15) is 5.72 Å². The first-order valence-electron chi connectivity index (χ1n) is 2.87. The Morgan fingerprint density at radius 1 is 1.44 bits per heavy atom. The second kappa shape index (κ2) is 1.46. The molecule has 5 N–H and O–H groups in total. The minimum absolute atomic E-state index is 0. The van der Waals surface area contributed by atoms with E-state index in [9.17, 15) is 0 Å². The fourth-order valence-corrected chi connectivity index (χ4v) is 1.59. The maximum atomic E-state index is 5.16. The lowest BCUT2D eigenvalue weighted by Crippen LogP contribution is -2.64. The molecule has 0 aromatic heterocycles. The Kier molecular flexibility index (Phi) is 1.13. The van der Waals surface area contributed by atoms with Crippen LogP contribution in [0, 0.1) is 0 Å². The summed E-state index contributed by atoms with van der Waals surface area (Å²) >= 11 is 0. The standard InChI is InChI=1S/C5H10N2O.H3N/c1-4-3-5(2,6-4)8-7-4;/h6-7H,3H2,1-2H3;1H3. The van der Waals surface area contributed by atoms with E-state index in [1.165, 1.54) is 0 Å². The zero-order valence-corrected chi connectivity index (χ0v) is 5.82. The van der Waals surface area contributed by atoms with Crippen LogP contribution in [0.1, 0.15) is 20.3 Å². The van der Waals surface area contributed by atoms with Crippen LogP contribution >= 0.6 is 0 Å². The first-order valence-corrected chi connectivity index (χ1v) is 2.87. The molecular formula is C5H13N3O. The van der Waals surface area contributed by atoms with Gasteiger partial charge in [0.15, 0.2) is 0 Å². The summed E-state index contributed by atoms with van der Waals surface area (Å²) in [5.41, 5.74) is 2.92. The lowest BCUT2D eigenvalue weighted by atomic mass is 9.92. The van der Waals surface area contributed by atoms with Gasteiger partial charge < -0.3 is 6.15 Å². The Bertz CT molecular complexity index is 116. The van der Waals surface area contributed by atoms with Crippen LogP contribution in [0.25, 0.3) is 0 Å². The van der Waals surface area contributed by atoms with E-state index in [0.717, 1.165) is 6.42 Å². The van der Waals surface area contributed by atoms with Crippen molar-refractivity contribution in [3.8, 4) is 0 Å². The molecule has 0 amide bonds. The second-order valence-corrected chi connectivity index (χ2v) is 3.07. The summed E-state index contributed by atoms with van der Waals surface area (Å²) in [6, 6.07) is 0. The lowest BCUT2D eigenvalue weighted by molar-refractivity contribution is -0.0366. The van der Waals surface area contributed by atoms with Crippen LogP contribution in [-0.4, -0.2) is 11.4 Å². The van der Waals surface area contributed by atoms with E-state index in [1.807, 2.05) is 6.92 Å². The van der Waals surface area contributed by atoms with Gasteiger partial charge in [-0.3, -0.25) is 10.2 Å². The van der Waals surface area contributed by atoms with Crippen molar-refractivity contribution in [3.63, 3.8) is 0 Å². The topological polar surface area (TPSA) is 68.3 Å². The van der Waals surface area contributed by atoms with Gasteiger partial charge in [-0.05, 0) is 13.8 Å². The third kappa shape index (κ3) is 0.753. The van der Waals surface area contributed by atoms with E-state index in [-0.39, 0.29) is 17.5 Å². The Hall–Kier alpha value is -0.160. The first kappa shape index (κ1) is 6.95. The highest BCUT2D eigenvalue weighted by Gasteiger charge is 2.56. The van der Waals surface area contributed by atoms with Crippen LogP contribution in [0.2, 0.25) is 0 Å². The van der Waals surface area contributed by atoms with Crippen molar-refractivity contribution in [1.29, 1.82) is 0 Å². The molecule has 2 bridgehead atoms. The maximum Gasteiger partial charge on any atom is 0.142 e. The van der Waals surface area contributed by atoms with E-state index in [4.69, 9.17) is 4.84 Å². The molecule has 3 aliphatic heterocycles. The lowest BCUT2D eigenvalue weighted by Gasteiger charge is -2.39. The number of hydrogen-bond donors (Lipinski definition) is 3. The molecule has 54 valence electrons. The molecule has 4 nitrogen and oxygen atoms in total. The number of rotatable bonds is 0. The van der Waals surface area contributed by atoms with Crippen LogP contribution < -0.4 is 16.9 Å². The average Bonchev–Trinajstić information content (AvgIpc) is 1.88. The van der Waals surface area contributed by atoms with Crippen LogP contribution in [0.3, 0.4) is 0 Å². The van der Waals surface area contributed by atoms with Crippen molar-refractivity contribution < 1.29 is 4.84 Å². The fraction of sp³-hybridized carbons (Fsp3) is 1.00. The van der Waals surface area contributed by atoms with E-state index in [2.05, 4.69) is 17.7 Å². The van der Waals surface area contributed by atoms with Crippen molar-refractivity contribution in [2.45, 2.75) is 31.7 Å². The largest absolute Gasteiger partial charge is 0.344 e. The maximum absolute atomic E-state index is 5.16. The summed E-state index contributed by atoms with van der Waals surface area (Å²) in [6.45, 7) is 4.12. The highest BCUT2D eigenvalue weighted by atomic mass is 16.7. The molecule has 2 unspecified atom stereocenters. The van der Waals surface area contributed by atoms with Crippen LogP contribution in [0.4, 0.5) is 0 Å². The Labute approximate surface area is 54.5 Å². The number of fused-ring (bicyclic) bond motifs is 1. The van der Waals surface area contributed by atoms with Gasteiger partial charge in [-0.25, -0.2) is 0 Å². The summed E-state index contributed by atoms with van der Waals surface area (Å²) in [5.74, 6) is 0. The van der Waals surface area contributed by atoms with Gasteiger partial charge in [0.2, 0.25) is 0 Å². The second-order valence-electron chi connectivity index (χ2n) is 3.07. The van der Waals surface area contributed by atoms with Gasteiger partial charge in [0.05, 0.1) is 5.66 Å². The molecule has 2 atom stereocenters. The molecule has 0 radical (unpaired) electrons. The van der Waals surface area contributed by atoms with Crippen molar-refractivity contribution >= 4 is 0 Å². The molecule has 4 heteroatoms. The first-order chi connectivity index (χ1) is 3.62. The van der Waals surface area contributed by atoms with Crippen molar-refractivity contribution in [1.82, 2.24) is 16.9 Å². The number of hydroxylamine groups is 1. The molecule has 0 saturated carbocycles. The highest BCUT2D eigenvalue weighted by Crippen LogP contribution is 2.37. The Balaban J connectivity index is 0.000000405. The molecule has 9 heavy (non-hydrogen) atoms. The third-order valence-corrected chi connectivity index (χ3v) is 1.73. The van der Waals surface area contributed by atoms with E-state index in [1.54, 1.807) is 0 Å². The normalized spacial score (nSPS) is 54.0. The van der Waals surface area contributed by atoms with Gasteiger partial charge in [-0.1, -0.05) is 0 Å². The summed E-state index contributed by atoms with van der Waals surface area (Å²) in [5, 5.41) is 3.24. The SMILES string of the molecule is CC12CC(C)(N1)ON2.N. The van der Waals surface area contributed by atoms with E-state index >= 15 is 0 Å². The van der Waals surface area contributed by atoms with Crippen LogP contribution in [0.5, 0.6) is 0 Å². The molecule has 3 heterocycles. The van der Waals surface area contributed by atoms with Crippen LogP contribution in [-0.2, 0) is 4.84 Å². The highest BCUT2D eigenvalue weighted by molar-refractivity contribution is 5.04. The average molecular weight is 131 g/mol. The van der Waals surface area contributed by atoms with Crippen molar-refractivity contribution in [3.05, 3.63) is 0 Å². The monoisotopic (exact) mass is 131 g/mol. The Morgan fingerprint density at radius 3 is 2.11 bits per heavy atom. The summed E-state index contributed by atoms with van der Waals surface area (Å²) in [7, 11) is 0. The Morgan fingerprint density at radius 2 is 2.00 bits per heavy atom. The zero-order chi connectivity index (χ0) is 5.83. The van der Waals surface area contributed by atoms with E-state index in [0.29, 0.717) is 0 Å². The molecule has 3 fully saturated rings. The molecule has 0 aromatic rings. The molecule has 0 aromatic carbocycles. The van der Waals surface area contributed by atoms with Crippen molar-refractivity contribution in [2.75, 3.05) is 0 Å². The van der Waals surface area contributed by atoms with Crippen molar-refractivity contribution in [2.24, 2.45) is 0 Å². The minimum atomic E-state index is -0.0608. The molecule has 3 rings (SSSR count). The fourth-order valence-electron chi connectivity index (χ4n) is 1.59. The van der Waals surface area contributed by atoms with Crippen LogP contribution in [0.15, 0.2) is 0 Å². The molecule has 0 aliphatic carbocycles.